The number of hydrogen-bond donors (Lipinski definition) is 2. The van der Waals surface area contributed by atoms with Gasteiger partial charge >= 0.3 is 11.9 Å². The fraction of sp³-hybridized carbons (Fsp3) is 0.364. The van der Waals surface area contributed by atoms with Crippen molar-refractivity contribution in [3.05, 3.63) is 34.9 Å². The molecule has 0 saturated carbocycles. The summed E-state index contributed by atoms with van der Waals surface area (Å²) in [6, 6.07) is 4.46. The minimum absolute atomic E-state index is 0.0713. The standard InChI is InChI=1S/C11H12F2O3/c1-6-3-4-8(7(2)5-6)9(14)11(12,13)10(15)16/h3-5,9,14H,1-2H3,(H,15,16). The normalized spacial score (nSPS) is 13.6. The molecule has 0 aliphatic heterocycles. The number of benzene rings is 1. The van der Waals surface area contributed by atoms with Crippen LogP contribution in [0.3, 0.4) is 0 Å². The molecule has 0 bridgehead atoms. The zero-order valence-electron chi connectivity index (χ0n) is 8.87. The van der Waals surface area contributed by atoms with E-state index >= 15 is 0 Å². The minimum atomic E-state index is -4.18. The molecule has 0 aliphatic carbocycles. The molecule has 1 rings (SSSR count). The Morgan fingerprint density at radius 2 is 1.94 bits per heavy atom. The van der Waals surface area contributed by atoms with Gasteiger partial charge in [-0.25, -0.2) is 4.79 Å². The molecule has 16 heavy (non-hydrogen) atoms. The van der Waals surface area contributed by atoms with E-state index in [9.17, 15) is 18.7 Å². The van der Waals surface area contributed by atoms with Crippen molar-refractivity contribution in [2.24, 2.45) is 0 Å². The third kappa shape index (κ3) is 2.19. The number of rotatable bonds is 3. The van der Waals surface area contributed by atoms with Gasteiger partial charge in [-0.2, -0.15) is 8.78 Å². The van der Waals surface area contributed by atoms with Crippen LogP contribution in [0.4, 0.5) is 8.78 Å². The Morgan fingerprint density at radius 1 is 1.38 bits per heavy atom. The first-order chi connectivity index (χ1) is 7.26. The van der Waals surface area contributed by atoms with E-state index in [0.717, 1.165) is 5.56 Å². The van der Waals surface area contributed by atoms with Crippen LogP contribution in [0.5, 0.6) is 0 Å². The van der Waals surface area contributed by atoms with E-state index in [1.807, 2.05) is 0 Å². The minimum Gasteiger partial charge on any atom is -0.477 e. The predicted octanol–water partition coefficient (Wildman–Crippen LogP) is 2.06. The zero-order valence-corrected chi connectivity index (χ0v) is 8.87. The lowest BCUT2D eigenvalue weighted by atomic mass is 9.97. The Hall–Kier alpha value is -1.49. The number of carboxylic acids is 1. The Labute approximate surface area is 91.3 Å². The van der Waals surface area contributed by atoms with Gasteiger partial charge in [-0.1, -0.05) is 23.8 Å². The van der Waals surface area contributed by atoms with Gasteiger partial charge in [0, 0.05) is 0 Å². The summed E-state index contributed by atoms with van der Waals surface area (Å²) in [6.45, 7) is 3.32. The average Bonchev–Trinajstić information content (AvgIpc) is 2.16. The monoisotopic (exact) mass is 230 g/mol. The van der Waals surface area contributed by atoms with Gasteiger partial charge in [-0.05, 0) is 25.0 Å². The molecule has 0 radical (unpaired) electrons. The molecule has 1 aromatic carbocycles. The third-order valence-electron chi connectivity index (χ3n) is 2.35. The summed E-state index contributed by atoms with van der Waals surface area (Å²) in [6.07, 6.45) is -2.33. The maximum absolute atomic E-state index is 13.1. The molecule has 2 N–H and O–H groups in total. The SMILES string of the molecule is Cc1ccc(C(O)C(F)(F)C(=O)O)c(C)c1. The average molecular weight is 230 g/mol. The fourth-order valence-corrected chi connectivity index (χ4v) is 1.44. The fourth-order valence-electron chi connectivity index (χ4n) is 1.44. The zero-order chi connectivity index (χ0) is 12.5. The van der Waals surface area contributed by atoms with E-state index in [1.165, 1.54) is 6.07 Å². The van der Waals surface area contributed by atoms with Crippen LogP contribution in [0.25, 0.3) is 0 Å². The molecule has 1 atom stereocenters. The highest BCUT2D eigenvalue weighted by molar-refractivity contribution is 5.76. The Bertz CT molecular complexity index is 416. The first-order valence-corrected chi connectivity index (χ1v) is 4.63. The lowest BCUT2D eigenvalue weighted by molar-refractivity contribution is -0.182. The highest BCUT2D eigenvalue weighted by Crippen LogP contribution is 2.33. The highest BCUT2D eigenvalue weighted by atomic mass is 19.3. The van der Waals surface area contributed by atoms with E-state index in [0.29, 0.717) is 5.56 Å². The second-order valence-electron chi connectivity index (χ2n) is 3.69. The van der Waals surface area contributed by atoms with E-state index in [-0.39, 0.29) is 5.56 Å². The van der Waals surface area contributed by atoms with Gasteiger partial charge in [0.1, 0.15) is 0 Å². The molecule has 5 heteroatoms. The topological polar surface area (TPSA) is 57.5 Å². The number of aliphatic hydroxyl groups excluding tert-OH is 1. The van der Waals surface area contributed by atoms with Crippen molar-refractivity contribution < 1.29 is 23.8 Å². The van der Waals surface area contributed by atoms with Crippen LogP contribution in [0, 0.1) is 13.8 Å². The van der Waals surface area contributed by atoms with Crippen molar-refractivity contribution in [3.63, 3.8) is 0 Å². The van der Waals surface area contributed by atoms with Crippen molar-refractivity contribution in [1.82, 2.24) is 0 Å². The van der Waals surface area contributed by atoms with Crippen LogP contribution in [-0.4, -0.2) is 22.1 Å². The van der Waals surface area contributed by atoms with Gasteiger partial charge < -0.3 is 10.2 Å². The number of aliphatic hydroxyl groups is 1. The second kappa shape index (κ2) is 4.17. The Kier molecular flexibility index (Phi) is 3.28. The smallest absolute Gasteiger partial charge is 0.377 e. The van der Waals surface area contributed by atoms with Crippen LogP contribution in [0.2, 0.25) is 0 Å². The lowest BCUT2D eigenvalue weighted by Gasteiger charge is -2.20. The molecule has 0 heterocycles. The van der Waals surface area contributed by atoms with E-state index in [4.69, 9.17) is 5.11 Å². The molecule has 0 aliphatic rings. The van der Waals surface area contributed by atoms with Gasteiger partial charge in [0.15, 0.2) is 6.10 Å². The molecule has 0 amide bonds. The number of carbonyl (C=O) groups is 1. The molecule has 1 unspecified atom stereocenters. The number of halogens is 2. The quantitative estimate of drug-likeness (QED) is 0.835. The third-order valence-corrected chi connectivity index (χ3v) is 2.35. The molecule has 0 aromatic heterocycles. The molecular formula is C11H12F2O3. The Balaban J connectivity index is 3.14. The number of alkyl halides is 2. The second-order valence-corrected chi connectivity index (χ2v) is 3.69. The molecule has 0 spiro atoms. The van der Waals surface area contributed by atoms with Crippen molar-refractivity contribution in [2.45, 2.75) is 25.9 Å². The van der Waals surface area contributed by atoms with E-state index < -0.39 is 18.0 Å². The van der Waals surface area contributed by atoms with Crippen LogP contribution < -0.4 is 0 Å². The first-order valence-electron chi connectivity index (χ1n) is 4.63. The summed E-state index contributed by atoms with van der Waals surface area (Å²) in [5.41, 5.74) is 1.22. The van der Waals surface area contributed by atoms with Crippen LogP contribution in [0.15, 0.2) is 18.2 Å². The van der Waals surface area contributed by atoms with Crippen LogP contribution >= 0.6 is 0 Å². The van der Waals surface area contributed by atoms with Crippen LogP contribution in [0.1, 0.15) is 22.8 Å². The maximum atomic E-state index is 13.1. The van der Waals surface area contributed by atoms with Gasteiger partial charge in [0.25, 0.3) is 0 Å². The van der Waals surface area contributed by atoms with Crippen molar-refractivity contribution in [3.8, 4) is 0 Å². The van der Waals surface area contributed by atoms with Gasteiger partial charge in [0.2, 0.25) is 0 Å². The summed E-state index contributed by atoms with van der Waals surface area (Å²) in [5.74, 6) is -6.51. The molecule has 88 valence electrons. The summed E-state index contributed by atoms with van der Waals surface area (Å²) in [7, 11) is 0. The lowest BCUT2D eigenvalue weighted by Crippen LogP contribution is -2.35. The summed E-state index contributed by atoms with van der Waals surface area (Å²) < 4.78 is 26.1. The highest BCUT2D eigenvalue weighted by Gasteiger charge is 2.48. The number of carboxylic acid groups (broad SMARTS) is 1. The molecule has 0 fully saturated rings. The largest absolute Gasteiger partial charge is 0.477 e. The van der Waals surface area contributed by atoms with Crippen molar-refractivity contribution >= 4 is 5.97 Å². The molecular weight excluding hydrogens is 218 g/mol. The predicted molar refractivity (Wildman–Crippen MR) is 53.5 cm³/mol. The molecule has 0 saturated heterocycles. The maximum Gasteiger partial charge on any atom is 0.377 e. The van der Waals surface area contributed by atoms with Gasteiger partial charge in [0.05, 0.1) is 0 Å². The van der Waals surface area contributed by atoms with Gasteiger partial charge in [-0.3, -0.25) is 0 Å². The molecule has 1 aromatic rings. The Morgan fingerprint density at radius 3 is 2.38 bits per heavy atom. The summed E-state index contributed by atoms with van der Waals surface area (Å²) in [5, 5.41) is 17.7. The van der Waals surface area contributed by atoms with Crippen molar-refractivity contribution in [1.29, 1.82) is 0 Å². The van der Waals surface area contributed by atoms with E-state index in [2.05, 4.69) is 0 Å². The first kappa shape index (κ1) is 12.6. The number of hydrogen-bond acceptors (Lipinski definition) is 2. The van der Waals surface area contributed by atoms with Crippen molar-refractivity contribution in [2.75, 3.05) is 0 Å². The molecule has 3 nitrogen and oxygen atoms in total. The number of aliphatic carboxylic acids is 1. The summed E-state index contributed by atoms with van der Waals surface area (Å²) in [4.78, 5) is 10.3. The van der Waals surface area contributed by atoms with Gasteiger partial charge in [-0.15, -0.1) is 0 Å². The van der Waals surface area contributed by atoms with E-state index in [1.54, 1.807) is 26.0 Å². The van der Waals surface area contributed by atoms with Crippen LogP contribution in [-0.2, 0) is 4.79 Å². The number of aryl methyl sites for hydroxylation is 2. The summed E-state index contributed by atoms with van der Waals surface area (Å²) >= 11 is 0.